The third-order valence-corrected chi connectivity index (χ3v) is 5.73. The molecule has 3 rings (SSSR count). The van der Waals surface area contributed by atoms with Gasteiger partial charge in [0.25, 0.3) is 0 Å². The lowest BCUT2D eigenvalue weighted by Crippen LogP contribution is -2.11. The topological polar surface area (TPSA) is 102 Å². The molecule has 6 nitrogen and oxygen atoms in total. The molecule has 158 valence electrons. The summed E-state index contributed by atoms with van der Waals surface area (Å²) >= 11 is 5.98. The van der Waals surface area contributed by atoms with E-state index in [2.05, 4.69) is 0 Å². The summed E-state index contributed by atoms with van der Waals surface area (Å²) in [5, 5.41) is 7.59. The highest BCUT2D eigenvalue weighted by Crippen LogP contribution is 2.28. The molecule has 0 radical (unpaired) electrons. The van der Waals surface area contributed by atoms with Crippen LogP contribution in [-0.2, 0) is 16.7 Å². The molecule has 3 N–H and O–H groups in total. The van der Waals surface area contributed by atoms with Gasteiger partial charge in [0.1, 0.15) is 28.8 Å². The van der Waals surface area contributed by atoms with E-state index in [0.717, 1.165) is 11.1 Å². The molecular formula is C21H20Cl2N2O4S. The molecule has 0 bridgehead atoms. The molecular weight excluding hydrogens is 447 g/mol. The first-order valence-corrected chi connectivity index (χ1v) is 10.4. The van der Waals surface area contributed by atoms with E-state index in [1.807, 2.05) is 6.07 Å². The molecule has 0 aliphatic heterocycles. The average Bonchev–Trinajstić information content (AvgIpc) is 2.66. The van der Waals surface area contributed by atoms with Crippen LogP contribution in [0.1, 0.15) is 16.7 Å². The Kier molecular flexibility index (Phi) is 7.72. The standard InChI is InChI=1S/C21H19ClN2O4S.ClH/c1-14-9-17(27-13-15-5-4-6-16(11-15)21(23)24)12-18(10-14)28-29(25,26)20-8-3-2-7-19(20)22;/h2-12H,13H2,1H3,(H3,23,24);1H. The van der Waals surface area contributed by atoms with Crippen molar-refractivity contribution in [2.45, 2.75) is 18.4 Å². The SMILES string of the molecule is Cc1cc(OCc2cccc(C(=N)N)c2)cc(OS(=O)(=O)c2ccccc2Cl)c1.Cl. The second kappa shape index (κ2) is 9.84. The fourth-order valence-corrected chi connectivity index (χ4v) is 4.07. The van der Waals surface area contributed by atoms with Crippen molar-refractivity contribution < 1.29 is 17.3 Å². The van der Waals surface area contributed by atoms with Crippen LogP contribution >= 0.6 is 24.0 Å². The second-order valence-electron chi connectivity index (χ2n) is 6.35. The van der Waals surface area contributed by atoms with Crippen molar-refractivity contribution in [3.05, 3.63) is 88.4 Å². The fourth-order valence-electron chi connectivity index (χ4n) is 2.66. The lowest BCUT2D eigenvalue weighted by molar-refractivity contribution is 0.305. The first-order valence-electron chi connectivity index (χ1n) is 8.61. The zero-order chi connectivity index (χ0) is 21.0. The van der Waals surface area contributed by atoms with Gasteiger partial charge in [0, 0.05) is 11.6 Å². The maximum atomic E-state index is 12.5. The first-order chi connectivity index (χ1) is 13.7. The van der Waals surface area contributed by atoms with Crippen LogP contribution in [-0.4, -0.2) is 14.3 Å². The predicted octanol–water partition coefficient (Wildman–Crippen LogP) is 4.70. The Morgan fingerprint density at radius 1 is 1.03 bits per heavy atom. The molecule has 0 aliphatic rings. The number of ether oxygens (including phenoxy) is 1. The van der Waals surface area contributed by atoms with Gasteiger partial charge in [0.05, 0.1) is 5.02 Å². The summed E-state index contributed by atoms with van der Waals surface area (Å²) in [4.78, 5) is -0.105. The smallest absolute Gasteiger partial charge is 0.340 e. The van der Waals surface area contributed by atoms with Gasteiger partial charge in [-0.3, -0.25) is 5.41 Å². The van der Waals surface area contributed by atoms with Crippen LogP contribution in [0.15, 0.2) is 71.6 Å². The highest BCUT2D eigenvalue weighted by atomic mass is 35.5. The van der Waals surface area contributed by atoms with E-state index in [-0.39, 0.29) is 40.5 Å². The van der Waals surface area contributed by atoms with Crippen LogP contribution < -0.4 is 14.7 Å². The largest absolute Gasteiger partial charge is 0.489 e. The summed E-state index contributed by atoms with van der Waals surface area (Å²) < 4.78 is 36.1. The molecule has 0 amide bonds. The van der Waals surface area contributed by atoms with Crippen molar-refractivity contribution in [1.29, 1.82) is 5.41 Å². The predicted molar refractivity (Wildman–Crippen MR) is 119 cm³/mol. The van der Waals surface area contributed by atoms with E-state index in [1.165, 1.54) is 18.2 Å². The number of amidine groups is 1. The van der Waals surface area contributed by atoms with Crippen molar-refractivity contribution in [3.63, 3.8) is 0 Å². The highest BCUT2D eigenvalue weighted by Gasteiger charge is 2.20. The van der Waals surface area contributed by atoms with E-state index in [1.54, 1.807) is 49.4 Å². The maximum absolute atomic E-state index is 12.5. The molecule has 9 heteroatoms. The Hall–Kier alpha value is -2.74. The number of halogens is 2. The minimum Gasteiger partial charge on any atom is -0.489 e. The van der Waals surface area contributed by atoms with Crippen molar-refractivity contribution in [2.24, 2.45) is 5.73 Å². The number of hydrogen-bond acceptors (Lipinski definition) is 5. The summed E-state index contributed by atoms with van der Waals surface area (Å²) in [6.45, 7) is 2.03. The van der Waals surface area contributed by atoms with Gasteiger partial charge in [-0.15, -0.1) is 12.4 Å². The van der Waals surface area contributed by atoms with Gasteiger partial charge in [-0.05, 0) is 48.4 Å². The van der Waals surface area contributed by atoms with Crippen LogP contribution in [0.3, 0.4) is 0 Å². The quantitative estimate of drug-likeness (QED) is 0.298. The first kappa shape index (κ1) is 23.5. The van der Waals surface area contributed by atoms with E-state index in [9.17, 15) is 8.42 Å². The van der Waals surface area contributed by atoms with E-state index in [0.29, 0.717) is 11.3 Å². The van der Waals surface area contributed by atoms with Crippen molar-refractivity contribution in [1.82, 2.24) is 0 Å². The van der Waals surface area contributed by atoms with E-state index >= 15 is 0 Å². The number of nitrogens with one attached hydrogen (secondary N) is 1. The summed E-state index contributed by atoms with van der Waals surface area (Å²) in [6, 6.07) is 18.1. The van der Waals surface area contributed by atoms with Gasteiger partial charge in [-0.2, -0.15) is 8.42 Å². The monoisotopic (exact) mass is 466 g/mol. The van der Waals surface area contributed by atoms with Gasteiger partial charge in [-0.1, -0.05) is 41.9 Å². The Balaban J connectivity index is 0.00000320. The van der Waals surface area contributed by atoms with Gasteiger partial charge >= 0.3 is 10.1 Å². The number of rotatable bonds is 7. The third-order valence-electron chi connectivity index (χ3n) is 3.98. The van der Waals surface area contributed by atoms with Crippen LogP contribution in [0.2, 0.25) is 5.02 Å². The minimum atomic E-state index is -4.08. The third kappa shape index (κ3) is 5.89. The van der Waals surface area contributed by atoms with E-state index < -0.39 is 10.1 Å². The van der Waals surface area contributed by atoms with Crippen LogP contribution in [0, 0.1) is 12.3 Å². The van der Waals surface area contributed by atoms with Crippen molar-refractivity contribution >= 4 is 40.0 Å². The van der Waals surface area contributed by atoms with E-state index in [4.69, 9.17) is 31.7 Å². The summed E-state index contributed by atoms with van der Waals surface area (Å²) in [5.41, 5.74) is 7.70. The number of nitrogen functional groups attached to an aromatic ring is 1. The molecule has 0 aliphatic carbocycles. The summed E-state index contributed by atoms with van der Waals surface area (Å²) in [5.74, 6) is 0.544. The lowest BCUT2D eigenvalue weighted by Gasteiger charge is -2.12. The van der Waals surface area contributed by atoms with Gasteiger partial charge in [-0.25, -0.2) is 0 Å². The molecule has 0 atom stereocenters. The molecule has 0 saturated carbocycles. The molecule has 0 unspecified atom stereocenters. The Bertz CT molecular complexity index is 1170. The summed E-state index contributed by atoms with van der Waals surface area (Å²) in [7, 11) is -4.08. The van der Waals surface area contributed by atoms with Crippen LogP contribution in [0.5, 0.6) is 11.5 Å². The molecule has 0 aromatic heterocycles. The van der Waals surface area contributed by atoms with Crippen LogP contribution in [0.25, 0.3) is 0 Å². The molecule has 0 saturated heterocycles. The second-order valence-corrected chi connectivity index (χ2v) is 8.27. The highest BCUT2D eigenvalue weighted by molar-refractivity contribution is 7.87. The number of aryl methyl sites for hydroxylation is 1. The molecule has 30 heavy (non-hydrogen) atoms. The Morgan fingerprint density at radius 3 is 2.43 bits per heavy atom. The van der Waals surface area contributed by atoms with Crippen molar-refractivity contribution in [2.75, 3.05) is 0 Å². The molecule has 0 spiro atoms. The minimum absolute atomic E-state index is 0. The summed E-state index contributed by atoms with van der Waals surface area (Å²) in [6.07, 6.45) is 0. The van der Waals surface area contributed by atoms with Crippen molar-refractivity contribution in [3.8, 4) is 11.5 Å². The maximum Gasteiger partial charge on any atom is 0.340 e. The Morgan fingerprint density at radius 2 is 1.73 bits per heavy atom. The zero-order valence-electron chi connectivity index (χ0n) is 16.0. The number of hydrogen-bond donors (Lipinski definition) is 2. The number of benzene rings is 3. The fraction of sp³-hybridized carbons (Fsp3) is 0.0952. The molecule has 3 aromatic carbocycles. The molecule has 3 aromatic rings. The normalized spacial score (nSPS) is 10.7. The van der Waals surface area contributed by atoms with Gasteiger partial charge in [0.15, 0.2) is 0 Å². The molecule has 0 fully saturated rings. The molecule has 0 heterocycles. The van der Waals surface area contributed by atoms with Crippen LogP contribution in [0.4, 0.5) is 0 Å². The lowest BCUT2D eigenvalue weighted by atomic mass is 10.1. The number of nitrogens with two attached hydrogens (primary N) is 1. The average molecular weight is 467 g/mol. The van der Waals surface area contributed by atoms with Gasteiger partial charge in [0.2, 0.25) is 0 Å². The Labute approximate surface area is 186 Å². The van der Waals surface area contributed by atoms with Gasteiger partial charge < -0.3 is 14.7 Å². The zero-order valence-corrected chi connectivity index (χ0v) is 18.4.